The predicted molar refractivity (Wildman–Crippen MR) is 74.5 cm³/mol. The zero-order chi connectivity index (χ0) is 13.6. The van der Waals surface area contributed by atoms with Gasteiger partial charge in [-0.2, -0.15) is 0 Å². The molecular formula is C15H21NO2. The molecule has 0 aliphatic carbocycles. The molecule has 0 spiro atoms. The Morgan fingerprint density at radius 1 is 1.33 bits per heavy atom. The molecular weight excluding hydrogens is 226 g/mol. The molecule has 0 aliphatic rings. The molecule has 1 aromatic rings. The minimum absolute atomic E-state index is 0.0716. The first-order valence-electron chi connectivity index (χ1n) is 6.11. The topological polar surface area (TPSA) is 38.3 Å². The molecule has 0 unspecified atom stereocenters. The van der Waals surface area contributed by atoms with Gasteiger partial charge in [0, 0.05) is 11.6 Å². The number of carbonyl (C=O) groups is 1. The fourth-order valence-corrected chi connectivity index (χ4v) is 1.35. The second-order valence-electron chi connectivity index (χ2n) is 4.83. The van der Waals surface area contributed by atoms with Gasteiger partial charge in [-0.05, 0) is 44.0 Å². The number of methoxy groups -OCH3 is 1. The van der Waals surface area contributed by atoms with Gasteiger partial charge in [0.15, 0.2) is 0 Å². The number of amides is 1. The van der Waals surface area contributed by atoms with Gasteiger partial charge in [-0.25, -0.2) is 0 Å². The Kier molecular flexibility index (Phi) is 4.95. The molecule has 18 heavy (non-hydrogen) atoms. The van der Waals surface area contributed by atoms with Gasteiger partial charge >= 0.3 is 0 Å². The molecule has 3 nitrogen and oxygen atoms in total. The van der Waals surface area contributed by atoms with E-state index in [0.29, 0.717) is 0 Å². The molecule has 0 aliphatic heterocycles. The number of rotatable bonds is 5. The van der Waals surface area contributed by atoms with E-state index < -0.39 is 0 Å². The maximum Gasteiger partial charge on any atom is 0.244 e. The Morgan fingerprint density at radius 2 is 1.94 bits per heavy atom. The van der Waals surface area contributed by atoms with Crippen molar-refractivity contribution in [1.82, 2.24) is 5.32 Å². The van der Waals surface area contributed by atoms with Crippen LogP contribution >= 0.6 is 0 Å². The van der Waals surface area contributed by atoms with Crippen molar-refractivity contribution in [2.75, 3.05) is 7.11 Å². The highest BCUT2D eigenvalue weighted by molar-refractivity contribution is 5.92. The standard InChI is InChI=1S/C15H21NO2/c1-5-15(2,3)16-14(17)11-8-12-6-9-13(18-4)10-7-12/h6-11H,5H2,1-4H3,(H,16,17)/b11-8+. The molecule has 98 valence electrons. The van der Waals surface area contributed by atoms with Crippen LogP contribution < -0.4 is 10.1 Å². The summed E-state index contributed by atoms with van der Waals surface area (Å²) in [5.41, 5.74) is 0.807. The van der Waals surface area contributed by atoms with Crippen LogP contribution in [0.1, 0.15) is 32.8 Å². The highest BCUT2D eigenvalue weighted by atomic mass is 16.5. The average molecular weight is 247 g/mol. The van der Waals surface area contributed by atoms with Crippen LogP contribution in [0, 0.1) is 0 Å². The first-order chi connectivity index (χ1) is 8.46. The SMILES string of the molecule is CCC(C)(C)NC(=O)/C=C/c1ccc(OC)cc1. The van der Waals surface area contributed by atoms with E-state index >= 15 is 0 Å². The van der Waals surface area contributed by atoms with Gasteiger partial charge in [-0.3, -0.25) is 4.79 Å². The third-order valence-electron chi connectivity index (χ3n) is 2.89. The number of nitrogens with one attached hydrogen (secondary N) is 1. The van der Waals surface area contributed by atoms with Gasteiger partial charge in [-0.1, -0.05) is 19.1 Å². The Morgan fingerprint density at radius 3 is 2.44 bits per heavy atom. The predicted octanol–water partition coefficient (Wildman–Crippen LogP) is 3.01. The molecule has 0 saturated carbocycles. The second-order valence-corrected chi connectivity index (χ2v) is 4.83. The lowest BCUT2D eigenvalue weighted by atomic mass is 10.0. The van der Waals surface area contributed by atoms with Gasteiger partial charge in [0.2, 0.25) is 5.91 Å². The monoisotopic (exact) mass is 247 g/mol. The molecule has 0 heterocycles. The first kappa shape index (κ1) is 14.3. The van der Waals surface area contributed by atoms with Crippen molar-refractivity contribution in [3.63, 3.8) is 0 Å². The molecule has 1 amide bonds. The molecule has 0 bridgehead atoms. The highest BCUT2D eigenvalue weighted by Gasteiger charge is 2.15. The van der Waals surface area contributed by atoms with E-state index in [-0.39, 0.29) is 11.4 Å². The van der Waals surface area contributed by atoms with Crippen LogP contribution in [-0.4, -0.2) is 18.6 Å². The van der Waals surface area contributed by atoms with Gasteiger partial charge < -0.3 is 10.1 Å². The average Bonchev–Trinajstić information content (AvgIpc) is 2.36. The summed E-state index contributed by atoms with van der Waals surface area (Å²) in [4.78, 5) is 11.7. The van der Waals surface area contributed by atoms with E-state index in [1.807, 2.05) is 45.0 Å². The fraction of sp³-hybridized carbons (Fsp3) is 0.400. The Balaban J connectivity index is 2.60. The minimum atomic E-state index is -0.165. The number of hydrogen-bond donors (Lipinski definition) is 1. The third kappa shape index (κ3) is 4.62. The van der Waals surface area contributed by atoms with Crippen molar-refractivity contribution in [1.29, 1.82) is 0 Å². The van der Waals surface area contributed by atoms with Crippen LogP contribution in [0.3, 0.4) is 0 Å². The van der Waals surface area contributed by atoms with Crippen molar-refractivity contribution >= 4 is 12.0 Å². The van der Waals surface area contributed by atoms with Gasteiger partial charge in [0.25, 0.3) is 0 Å². The minimum Gasteiger partial charge on any atom is -0.497 e. The van der Waals surface area contributed by atoms with E-state index in [9.17, 15) is 4.79 Å². The van der Waals surface area contributed by atoms with Crippen molar-refractivity contribution in [2.24, 2.45) is 0 Å². The summed E-state index contributed by atoms with van der Waals surface area (Å²) in [6, 6.07) is 7.56. The van der Waals surface area contributed by atoms with Crippen molar-refractivity contribution < 1.29 is 9.53 Å². The molecule has 0 saturated heterocycles. The van der Waals surface area contributed by atoms with Gasteiger partial charge in [-0.15, -0.1) is 0 Å². The second kappa shape index (κ2) is 6.24. The Hall–Kier alpha value is -1.77. The summed E-state index contributed by atoms with van der Waals surface area (Å²) in [6.45, 7) is 6.06. The summed E-state index contributed by atoms with van der Waals surface area (Å²) < 4.78 is 5.07. The summed E-state index contributed by atoms with van der Waals surface area (Å²) in [5.74, 6) is 0.737. The Bertz CT molecular complexity index is 419. The lowest BCUT2D eigenvalue weighted by Crippen LogP contribution is -2.41. The highest BCUT2D eigenvalue weighted by Crippen LogP contribution is 2.12. The van der Waals surface area contributed by atoms with Crippen LogP contribution in [0.5, 0.6) is 5.75 Å². The third-order valence-corrected chi connectivity index (χ3v) is 2.89. The summed E-state index contributed by atoms with van der Waals surface area (Å²) >= 11 is 0. The van der Waals surface area contributed by atoms with Crippen LogP contribution in [0.25, 0.3) is 6.08 Å². The maximum absolute atomic E-state index is 11.7. The zero-order valence-corrected chi connectivity index (χ0v) is 11.5. The van der Waals surface area contributed by atoms with Crippen molar-refractivity contribution in [3.8, 4) is 5.75 Å². The quantitative estimate of drug-likeness (QED) is 0.812. The Labute approximate surface area is 109 Å². The van der Waals surface area contributed by atoms with Crippen LogP contribution in [-0.2, 0) is 4.79 Å². The summed E-state index contributed by atoms with van der Waals surface area (Å²) in [6.07, 6.45) is 4.24. The molecule has 0 atom stereocenters. The fourth-order valence-electron chi connectivity index (χ4n) is 1.35. The van der Waals surface area contributed by atoms with Gasteiger partial charge in [0.1, 0.15) is 5.75 Å². The van der Waals surface area contributed by atoms with E-state index in [4.69, 9.17) is 4.74 Å². The lowest BCUT2D eigenvalue weighted by Gasteiger charge is -2.23. The molecule has 0 radical (unpaired) electrons. The first-order valence-corrected chi connectivity index (χ1v) is 6.11. The smallest absolute Gasteiger partial charge is 0.244 e. The number of benzene rings is 1. The van der Waals surface area contributed by atoms with E-state index in [1.54, 1.807) is 19.3 Å². The summed E-state index contributed by atoms with van der Waals surface area (Å²) in [5, 5.41) is 2.95. The number of carbonyl (C=O) groups excluding carboxylic acids is 1. The van der Waals surface area contributed by atoms with E-state index in [0.717, 1.165) is 17.7 Å². The molecule has 1 aromatic carbocycles. The molecule has 1 rings (SSSR count). The molecule has 1 N–H and O–H groups in total. The number of ether oxygens (including phenoxy) is 1. The van der Waals surface area contributed by atoms with Crippen molar-refractivity contribution in [2.45, 2.75) is 32.7 Å². The maximum atomic E-state index is 11.7. The van der Waals surface area contributed by atoms with Crippen LogP contribution in [0.2, 0.25) is 0 Å². The zero-order valence-electron chi connectivity index (χ0n) is 11.5. The molecule has 0 fully saturated rings. The van der Waals surface area contributed by atoms with Crippen molar-refractivity contribution in [3.05, 3.63) is 35.9 Å². The van der Waals surface area contributed by atoms with E-state index in [2.05, 4.69) is 5.32 Å². The molecule has 3 heteroatoms. The number of hydrogen-bond acceptors (Lipinski definition) is 2. The lowest BCUT2D eigenvalue weighted by molar-refractivity contribution is -0.117. The van der Waals surface area contributed by atoms with Crippen LogP contribution in [0.15, 0.2) is 30.3 Å². The summed E-state index contributed by atoms with van der Waals surface area (Å²) in [7, 11) is 1.63. The molecule has 0 aromatic heterocycles. The van der Waals surface area contributed by atoms with E-state index in [1.165, 1.54) is 0 Å². The van der Waals surface area contributed by atoms with Crippen LogP contribution in [0.4, 0.5) is 0 Å². The van der Waals surface area contributed by atoms with Gasteiger partial charge in [0.05, 0.1) is 7.11 Å². The normalized spacial score (nSPS) is 11.6. The largest absolute Gasteiger partial charge is 0.497 e.